The lowest BCUT2D eigenvalue weighted by Crippen LogP contribution is -2.35. The minimum atomic E-state index is -0.586. The molecule has 1 aromatic rings. The number of pyridine rings is 1. The van der Waals surface area contributed by atoms with Gasteiger partial charge in [-0.2, -0.15) is 0 Å². The number of hydrogen-bond acceptors (Lipinski definition) is 4. The predicted molar refractivity (Wildman–Crippen MR) is 66.8 cm³/mol. The summed E-state index contributed by atoms with van der Waals surface area (Å²) in [7, 11) is 0. The minimum absolute atomic E-state index is 0.0775. The van der Waals surface area contributed by atoms with Gasteiger partial charge in [0, 0.05) is 6.54 Å². The number of nitrogens with one attached hydrogen (secondary N) is 1. The summed E-state index contributed by atoms with van der Waals surface area (Å²) >= 11 is 5.68. The summed E-state index contributed by atoms with van der Waals surface area (Å²) in [6, 6.07) is 1.40. The number of aromatic nitrogens is 1. The molecule has 0 aliphatic heterocycles. The second-order valence-corrected chi connectivity index (χ2v) is 4.50. The van der Waals surface area contributed by atoms with Gasteiger partial charge in [0.2, 0.25) is 0 Å². The van der Waals surface area contributed by atoms with E-state index in [1.807, 2.05) is 13.8 Å². The van der Waals surface area contributed by atoms with Crippen molar-refractivity contribution in [2.75, 3.05) is 12.3 Å². The molecule has 1 atom stereocenters. The standard InChI is InChI=1S/C11H16ClN3O2/c1-6(2)9(16)5-15-11(17)7-3-10(12)14-4-8(7)13/h3-4,6,9,16H,5,13H2,1-2H3,(H,15,17). The Hall–Kier alpha value is -1.33. The Bertz CT molecular complexity index is 410. The number of carbonyl (C=O) groups excluding carboxylic acids is 1. The number of nitrogen functional groups attached to an aromatic ring is 1. The van der Waals surface area contributed by atoms with Gasteiger partial charge in [0.25, 0.3) is 5.91 Å². The SMILES string of the molecule is CC(C)C(O)CNC(=O)c1cc(Cl)ncc1N. The summed E-state index contributed by atoms with van der Waals surface area (Å²) in [6.07, 6.45) is 0.744. The van der Waals surface area contributed by atoms with Gasteiger partial charge in [0.1, 0.15) is 5.15 Å². The number of nitrogens with zero attached hydrogens (tertiary/aromatic N) is 1. The first-order valence-corrected chi connectivity index (χ1v) is 5.67. The number of rotatable bonds is 4. The molecule has 0 aliphatic rings. The summed E-state index contributed by atoms with van der Waals surface area (Å²) < 4.78 is 0. The quantitative estimate of drug-likeness (QED) is 0.704. The third-order valence-electron chi connectivity index (χ3n) is 2.39. The highest BCUT2D eigenvalue weighted by Gasteiger charge is 2.14. The van der Waals surface area contributed by atoms with Crippen LogP contribution in [0.3, 0.4) is 0 Å². The van der Waals surface area contributed by atoms with Crippen molar-refractivity contribution in [1.29, 1.82) is 0 Å². The van der Waals surface area contributed by atoms with E-state index in [0.29, 0.717) is 0 Å². The third kappa shape index (κ3) is 3.87. The van der Waals surface area contributed by atoms with Gasteiger partial charge in [-0.25, -0.2) is 4.98 Å². The molecule has 0 fully saturated rings. The maximum absolute atomic E-state index is 11.8. The molecular weight excluding hydrogens is 242 g/mol. The molecule has 94 valence electrons. The molecule has 1 rings (SSSR count). The Balaban J connectivity index is 2.67. The van der Waals surface area contributed by atoms with Gasteiger partial charge < -0.3 is 16.2 Å². The van der Waals surface area contributed by atoms with Gasteiger partial charge in [0.15, 0.2) is 0 Å². The van der Waals surface area contributed by atoms with Crippen molar-refractivity contribution in [3.63, 3.8) is 0 Å². The van der Waals surface area contributed by atoms with E-state index in [0.717, 1.165) is 0 Å². The number of aliphatic hydroxyl groups is 1. The van der Waals surface area contributed by atoms with Crippen molar-refractivity contribution in [1.82, 2.24) is 10.3 Å². The van der Waals surface area contributed by atoms with E-state index in [1.165, 1.54) is 12.3 Å². The number of halogens is 1. The molecule has 4 N–H and O–H groups in total. The predicted octanol–water partition coefficient (Wildman–Crippen LogP) is 1.06. The van der Waals surface area contributed by atoms with Gasteiger partial charge in [0.05, 0.1) is 23.6 Å². The molecule has 1 unspecified atom stereocenters. The summed E-state index contributed by atoms with van der Waals surface area (Å²) in [5.41, 5.74) is 6.13. The number of amides is 1. The van der Waals surface area contributed by atoms with E-state index in [1.54, 1.807) is 0 Å². The summed E-state index contributed by atoms with van der Waals surface area (Å²) in [6.45, 7) is 3.92. The molecule has 0 radical (unpaired) electrons. The molecule has 0 saturated heterocycles. The van der Waals surface area contributed by atoms with E-state index in [2.05, 4.69) is 10.3 Å². The number of anilines is 1. The first-order valence-electron chi connectivity index (χ1n) is 5.29. The van der Waals surface area contributed by atoms with Crippen LogP contribution in [0.2, 0.25) is 5.15 Å². The van der Waals surface area contributed by atoms with Gasteiger partial charge in [-0.1, -0.05) is 25.4 Å². The molecule has 1 amide bonds. The number of nitrogens with two attached hydrogens (primary N) is 1. The molecular formula is C11H16ClN3O2. The molecule has 0 aromatic carbocycles. The zero-order valence-corrected chi connectivity index (χ0v) is 10.5. The molecule has 0 spiro atoms. The minimum Gasteiger partial charge on any atom is -0.397 e. The zero-order chi connectivity index (χ0) is 13.0. The fourth-order valence-electron chi connectivity index (χ4n) is 1.17. The highest BCUT2D eigenvalue weighted by molar-refractivity contribution is 6.29. The largest absolute Gasteiger partial charge is 0.397 e. The maximum atomic E-state index is 11.8. The highest BCUT2D eigenvalue weighted by atomic mass is 35.5. The van der Waals surface area contributed by atoms with Crippen molar-refractivity contribution in [3.8, 4) is 0 Å². The lowest BCUT2D eigenvalue weighted by Gasteiger charge is -2.15. The lowest BCUT2D eigenvalue weighted by molar-refractivity contribution is 0.0872. The molecule has 0 bridgehead atoms. The van der Waals surface area contributed by atoms with E-state index in [4.69, 9.17) is 17.3 Å². The summed E-state index contributed by atoms with van der Waals surface area (Å²) in [5, 5.41) is 12.4. The van der Waals surface area contributed by atoms with Crippen molar-refractivity contribution in [2.24, 2.45) is 5.92 Å². The lowest BCUT2D eigenvalue weighted by atomic mass is 10.1. The molecule has 0 aliphatic carbocycles. The molecule has 1 heterocycles. The van der Waals surface area contributed by atoms with Crippen LogP contribution in [0.25, 0.3) is 0 Å². The fourth-order valence-corrected chi connectivity index (χ4v) is 1.32. The first-order chi connectivity index (χ1) is 7.91. The van der Waals surface area contributed by atoms with Crippen LogP contribution in [0.15, 0.2) is 12.3 Å². The van der Waals surface area contributed by atoms with Gasteiger partial charge in [-0.3, -0.25) is 4.79 Å². The van der Waals surface area contributed by atoms with E-state index in [9.17, 15) is 9.90 Å². The van der Waals surface area contributed by atoms with Crippen LogP contribution >= 0.6 is 11.6 Å². The van der Waals surface area contributed by atoms with Gasteiger partial charge in [-0.15, -0.1) is 0 Å². The van der Waals surface area contributed by atoms with Crippen LogP contribution in [0.4, 0.5) is 5.69 Å². The summed E-state index contributed by atoms with van der Waals surface area (Å²) in [4.78, 5) is 15.5. The van der Waals surface area contributed by atoms with Crippen molar-refractivity contribution < 1.29 is 9.90 Å². The van der Waals surface area contributed by atoms with E-state index >= 15 is 0 Å². The van der Waals surface area contributed by atoms with Crippen LogP contribution in [0, 0.1) is 5.92 Å². The first kappa shape index (κ1) is 13.7. The second-order valence-electron chi connectivity index (χ2n) is 4.12. The molecule has 17 heavy (non-hydrogen) atoms. The Labute approximate surface area is 105 Å². The van der Waals surface area contributed by atoms with Crippen LogP contribution in [0.1, 0.15) is 24.2 Å². The normalized spacial score (nSPS) is 12.5. The molecule has 1 aromatic heterocycles. The average Bonchev–Trinajstić information content (AvgIpc) is 2.28. The smallest absolute Gasteiger partial charge is 0.253 e. The zero-order valence-electron chi connectivity index (χ0n) is 9.77. The van der Waals surface area contributed by atoms with Crippen LogP contribution in [-0.4, -0.2) is 28.6 Å². The number of hydrogen-bond donors (Lipinski definition) is 3. The van der Waals surface area contributed by atoms with Crippen molar-refractivity contribution in [3.05, 3.63) is 23.0 Å². The molecule has 5 nitrogen and oxygen atoms in total. The topological polar surface area (TPSA) is 88.2 Å². The van der Waals surface area contributed by atoms with Crippen LogP contribution < -0.4 is 11.1 Å². The second kappa shape index (κ2) is 5.84. The molecule has 0 saturated carbocycles. The Morgan fingerprint density at radius 2 is 2.29 bits per heavy atom. The summed E-state index contributed by atoms with van der Waals surface area (Å²) in [5.74, 6) is -0.292. The Morgan fingerprint density at radius 1 is 1.65 bits per heavy atom. The number of aliphatic hydroxyl groups excluding tert-OH is 1. The Morgan fingerprint density at radius 3 is 2.88 bits per heavy atom. The monoisotopic (exact) mass is 257 g/mol. The highest BCUT2D eigenvalue weighted by Crippen LogP contribution is 2.14. The van der Waals surface area contributed by atoms with Crippen molar-refractivity contribution in [2.45, 2.75) is 20.0 Å². The van der Waals surface area contributed by atoms with Crippen molar-refractivity contribution >= 4 is 23.2 Å². The van der Waals surface area contributed by atoms with E-state index < -0.39 is 6.10 Å². The third-order valence-corrected chi connectivity index (χ3v) is 2.59. The van der Waals surface area contributed by atoms with Gasteiger partial charge >= 0.3 is 0 Å². The number of carbonyl (C=O) groups is 1. The van der Waals surface area contributed by atoms with Crippen LogP contribution in [-0.2, 0) is 0 Å². The molecule has 6 heteroatoms. The van der Waals surface area contributed by atoms with Crippen LogP contribution in [0.5, 0.6) is 0 Å². The Kier molecular flexibility index (Phi) is 4.72. The van der Waals surface area contributed by atoms with E-state index in [-0.39, 0.29) is 34.8 Å². The fraction of sp³-hybridized carbons (Fsp3) is 0.455. The maximum Gasteiger partial charge on any atom is 0.253 e. The van der Waals surface area contributed by atoms with Gasteiger partial charge in [-0.05, 0) is 12.0 Å². The average molecular weight is 258 g/mol.